The van der Waals surface area contributed by atoms with Gasteiger partial charge in [0.2, 0.25) is 0 Å². The lowest BCUT2D eigenvalue weighted by Crippen LogP contribution is -2.26. The number of nitrogens with zero attached hydrogens (tertiary/aromatic N) is 2. The van der Waals surface area contributed by atoms with Crippen LogP contribution in [0.1, 0.15) is 0 Å². The molecule has 0 atom stereocenters. The molecule has 2 aromatic carbocycles. The molecule has 6 nitrogen and oxygen atoms in total. The SMILES string of the molecule is CN(c1ccccc1)S(=O)(=O)c1cccc([N+](=O)[O-])c1. The minimum Gasteiger partial charge on any atom is -0.269 e. The molecule has 7 heteroatoms. The second-order valence-corrected chi connectivity index (χ2v) is 6.03. The van der Waals surface area contributed by atoms with Crippen LogP contribution in [0, 0.1) is 10.1 Å². The van der Waals surface area contributed by atoms with Crippen LogP contribution in [-0.4, -0.2) is 20.4 Å². The van der Waals surface area contributed by atoms with Crippen molar-refractivity contribution in [3.05, 3.63) is 64.7 Å². The molecule has 0 spiro atoms. The Hall–Kier alpha value is -2.41. The molecule has 2 aromatic rings. The first-order chi connectivity index (χ1) is 9.43. The Bertz CT molecular complexity index is 729. The van der Waals surface area contributed by atoms with Crippen molar-refractivity contribution in [3.63, 3.8) is 0 Å². The average molecular weight is 292 g/mol. The van der Waals surface area contributed by atoms with Crippen LogP contribution in [0.3, 0.4) is 0 Å². The van der Waals surface area contributed by atoms with Crippen molar-refractivity contribution >= 4 is 21.4 Å². The van der Waals surface area contributed by atoms with E-state index in [0.717, 1.165) is 10.4 Å². The van der Waals surface area contributed by atoms with Gasteiger partial charge in [-0.2, -0.15) is 0 Å². The van der Waals surface area contributed by atoms with Gasteiger partial charge in [0.15, 0.2) is 0 Å². The van der Waals surface area contributed by atoms with Gasteiger partial charge in [-0.25, -0.2) is 8.42 Å². The monoisotopic (exact) mass is 292 g/mol. The Kier molecular flexibility index (Phi) is 3.71. The standard InChI is InChI=1S/C13H12N2O4S/c1-14(11-6-3-2-4-7-11)20(18,19)13-9-5-8-12(10-13)15(16)17/h2-10H,1H3. The van der Waals surface area contributed by atoms with E-state index < -0.39 is 14.9 Å². The molecule has 0 heterocycles. The van der Waals surface area contributed by atoms with Gasteiger partial charge >= 0.3 is 0 Å². The summed E-state index contributed by atoms with van der Waals surface area (Å²) in [6, 6.07) is 13.5. The van der Waals surface area contributed by atoms with Gasteiger partial charge in [0.25, 0.3) is 15.7 Å². The molecule has 0 amide bonds. The number of sulfonamides is 1. The maximum atomic E-state index is 12.4. The fourth-order valence-corrected chi connectivity index (χ4v) is 2.93. The van der Waals surface area contributed by atoms with Gasteiger partial charge in [-0.1, -0.05) is 24.3 Å². The third kappa shape index (κ3) is 2.62. The highest BCUT2D eigenvalue weighted by Gasteiger charge is 2.23. The molecule has 104 valence electrons. The van der Waals surface area contributed by atoms with E-state index in [1.54, 1.807) is 30.3 Å². The smallest absolute Gasteiger partial charge is 0.269 e. The molecule has 0 saturated carbocycles. The van der Waals surface area contributed by atoms with Crippen molar-refractivity contribution in [1.29, 1.82) is 0 Å². The van der Waals surface area contributed by atoms with Crippen LogP contribution in [-0.2, 0) is 10.0 Å². The second kappa shape index (κ2) is 5.30. The third-order valence-corrected chi connectivity index (χ3v) is 4.59. The molecule has 0 radical (unpaired) electrons. The van der Waals surface area contributed by atoms with Gasteiger partial charge in [0.05, 0.1) is 15.5 Å². The fourth-order valence-electron chi connectivity index (χ4n) is 1.69. The van der Waals surface area contributed by atoms with Crippen molar-refractivity contribution in [3.8, 4) is 0 Å². The van der Waals surface area contributed by atoms with Gasteiger partial charge < -0.3 is 0 Å². The maximum absolute atomic E-state index is 12.4. The summed E-state index contributed by atoms with van der Waals surface area (Å²) in [5.74, 6) is 0. The molecule has 0 fully saturated rings. The molecule has 0 aliphatic heterocycles. The summed E-state index contributed by atoms with van der Waals surface area (Å²) in [4.78, 5) is 9.98. The zero-order valence-electron chi connectivity index (χ0n) is 10.6. The Morgan fingerprint density at radius 3 is 2.30 bits per heavy atom. The predicted molar refractivity (Wildman–Crippen MR) is 75.1 cm³/mol. The van der Waals surface area contributed by atoms with Gasteiger partial charge in [-0.05, 0) is 18.2 Å². The zero-order valence-corrected chi connectivity index (χ0v) is 11.4. The zero-order chi connectivity index (χ0) is 14.8. The number of benzene rings is 2. The van der Waals surface area contributed by atoms with Gasteiger partial charge in [-0.15, -0.1) is 0 Å². The Morgan fingerprint density at radius 2 is 1.70 bits per heavy atom. The molecule has 20 heavy (non-hydrogen) atoms. The number of non-ortho nitro benzene ring substituents is 1. The van der Waals surface area contributed by atoms with Crippen LogP contribution in [0.25, 0.3) is 0 Å². The first-order valence-corrected chi connectivity index (χ1v) is 7.15. The van der Waals surface area contributed by atoms with Gasteiger partial charge in [-0.3, -0.25) is 14.4 Å². The molecule has 0 unspecified atom stereocenters. The highest BCUT2D eigenvalue weighted by Crippen LogP contribution is 2.24. The summed E-state index contributed by atoms with van der Waals surface area (Å²) in [7, 11) is -2.41. The molecule has 2 rings (SSSR count). The number of anilines is 1. The number of hydrogen-bond donors (Lipinski definition) is 0. The molecular weight excluding hydrogens is 280 g/mol. The summed E-state index contributed by atoms with van der Waals surface area (Å²) >= 11 is 0. The Balaban J connectivity index is 2.45. The highest BCUT2D eigenvalue weighted by molar-refractivity contribution is 7.92. The fraction of sp³-hybridized carbons (Fsp3) is 0.0769. The Labute approximate surface area is 116 Å². The van der Waals surface area contributed by atoms with Crippen molar-refractivity contribution in [2.75, 3.05) is 11.4 Å². The molecule has 0 N–H and O–H groups in total. The second-order valence-electron chi connectivity index (χ2n) is 4.06. The molecule has 0 aliphatic rings. The quantitative estimate of drug-likeness (QED) is 0.640. The van der Waals surface area contributed by atoms with Crippen LogP contribution in [0.15, 0.2) is 59.5 Å². The maximum Gasteiger partial charge on any atom is 0.270 e. The summed E-state index contributed by atoms with van der Waals surface area (Å²) in [6.07, 6.45) is 0. The van der Waals surface area contributed by atoms with Crippen LogP contribution in [0.5, 0.6) is 0 Å². The van der Waals surface area contributed by atoms with Crippen molar-refractivity contribution in [1.82, 2.24) is 0 Å². The van der Waals surface area contributed by atoms with E-state index in [1.165, 1.54) is 25.2 Å². The lowest BCUT2D eigenvalue weighted by Gasteiger charge is -2.19. The number of nitro benzene ring substituents is 1. The van der Waals surface area contributed by atoms with E-state index in [1.807, 2.05) is 0 Å². The number of hydrogen-bond acceptors (Lipinski definition) is 4. The summed E-state index contributed by atoms with van der Waals surface area (Å²) in [5.41, 5.74) is 0.228. The molecule has 0 aromatic heterocycles. The normalized spacial score (nSPS) is 11.1. The van der Waals surface area contributed by atoms with E-state index >= 15 is 0 Å². The van der Waals surface area contributed by atoms with E-state index in [-0.39, 0.29) is 10.6 Å². The third-order valence-electron chi connectivity index (χ3n) is 2.81. The van der Waals surface area contributed by atoms with E-state index in [9.17, 15) is 18.5 Å². The minimum absolute atomic E-state index is 0.113. The van der Waals surface area contributed by atoms with Gasteiger partial charge in [0.1, 0.15) is 0 Å². The van der Waals surface area contributed by atoms with Crippen molar-refractivity contribution in [2.45, 2.75) is 4.90 Å². The minimum atomic E-state index is -3.82. The summed E-state index contributed by atoms with van der Waals surface area (Å²) in [6.45, 7) is 0. The van der Waals surface area contributed by atoms with Crippen molar-refractivity contribution in [2.24, 2.45) is 0 Å². The summed E-state index contributed by atoms with van der Waals surface area (Å²) < 4.78 is 25.9. The molecule has 0 bridgehead atoms. The lowest BCUT2D eigenvalue weighted by molar-refractivity contribution is -0.385. The van der Waals surface area contributed by atoms with Gasteiger partial charge in [0, 0.05) is 19.2 Å². The topological polar surface area (TPSA) is 80.5 Å². The lowest BCUT2D eigenvalue weighted by atomic mass is 10.3. The summed E-state index contributed by atoms with van der Waals surface area (Å²) in [5, 5.41) is 10.7. The highest BCUT2D eigenvalue weighted by atomic mass is 32.2. The molecular formula is C13H12N2O4S. The number of para-hydroxylation sites is 1. The first-order valence-electron chi connectivity index (χ1n) is 5.71. The van der Waals surface area contributed by atoms with Crippen LogP contribution >= 0.6 is 0 Å². The molecule has 0 aliphatic carbocycles. The first kappa shape index (κ1) is 14.0. The number of nitro groups is 1. The predicted octanol–water partition coefficient (Wildman–Crippen LogP) is 2.42. The van der Waals surface area contributed by atoms with E-state index in [4.69, 9.17) is 0 Å². The Morgan fingerprint density at radius 1 is 1.05 bits per heavy atom. The molecule has 0 saturated heterocycles. The van der Waals surface area contributed by atoms with Crippen LogP contribution in [0.4, 0.5) is 11.4 Å². The van der Waals surface area contributed by atoms with Crippen LogP contribution in [0.2, 0.25) is 0 Å². The number of rotatable bonds is 4. The van der Waals surface area contributed by atoms with Crippen LogP contribution < -0.4 is 4.31 Å². The largest absolute Gasteiger partial charge is 0.270 e. The average Bonchev–Trinajstić information content (AvgIpc) is 2.47. The van der Waals surface area contributed by atoms with E-state index in [2.05, 4.69) is 0 Å². The van der Waals surface area contributed by atoms with Crippen molar-refractivity contribution < 1.29 is 13.3 Å². The van der Waals surface area contributed by atoms with E-state index in [0.29, 0.717) is 5.69 Å².